The molecule has 0 saturated carbocycles. The Hall–Kier alpha value is -2.38. The molecule has 0 aliphatic carbocycles. The number of rotatable bonds is 5. The van der Waals surface area contributed by atoms with E-state index in [2.05, 4.69) is 61.2 Å². The number of benzene rings is 1. The van der Waals surface area contributed by atoms with E-state index in [9.17, 15) is 4.79 Å². The third-order valence-electron chi connectivity index (χ3n) is 5.87. The standard InChI is InChI=1S/C22H31N3O3Si/c1-22(2,3)29(4,5)28-18-12-19-20(11-17(13-23-19)24-21(26)27)25(15-18)14-16-9-7-6-8-10-16/h6-11,13,18,24H,12,14-15H2,1-5H3,(H,26,27). The van der Waals surface area contributed by atoms with Crippen molar-refractivity contribution in [3.63, 3.8) is 0 Å². The fourth-order valence-electron chi connectivity index (χ4n) is 3.35. The van der Waals surface area contributed by atoms with Crippen LogP contribution in [0.25, 0.3) is 0 Å². The van der Waals surface area contributed by atoms with Gasteiger partial charge in [-0.15, -0.1) is 0 Å². The molecule has 1 aliphatic heterocycles. The zero-order valence-corrected chi connectivity index (χ0v) is 18.9. The Morgan fingerprint density at radius 3 is 2.62 bits per heavy atom. The van der Waals surface area contributed by atoms with Crippen molar-refractivity contribution in [2.45, 2.75) is 58.0 Å². The van der Waals surface area contributed by atoms with Gasteiger partial charge in [-0.3, -0.25) is 10.3 Å². The number of nitrogens with one attached hydrogen (secondary N) is 1. The lowest BCUT2D eigenvalue weighted by molar-refractivity contribution is 0.178. The maximum atomic E-state index is 11.0. The predicted octanol–water partition coefficient (Wildman–Crippen LogP) is 5.12. The molecule has 1 aromatic heterocycles. The summed E-state index contributed by atoms with van der Waals surface area (Å²) in [6, 6.07) is 12.2. The Kier molecular flexibility index (Phi) is 6.00. The highest BCUT2D eigenvalue weighted by molar-refractivity contribution is 6.74. The number of pyridine rings is 1. The predicted molar refractivity (Wildman–Crippen MR) is 119 cm³/mol. The highest BCUT2D eigenvalue weighted by Crippen LogP contribution is 2.39. The third-order valence-corrected chi connectivity index (χ3v) is 10.4. The van der Waals surface area contributed by atoms with Crippen LogP contribution in [-0.2, 0) is 17.4 Å². The highest BCUT2D eigenvalue weighted by atomic mass is 28.4. The lowest BCUT2D eigenvalue weighted by atomic mass is 10.0. The van der Waals surface area contributed by atoms with Crippen LogP contribution in [-0.4, -0.2) is 37.1 Å². The monoisotopic (exact) mass is 413 g/mol. The summed E-state index contributed by atoms with van der Waals surface area (Å²) in [5.74, 6) is 0. The molecular weight excluding hydrogens is 382 g/mol. The Bertz CT molecular complexity index is 865. The largest absolute Gasteiger partial charge is 0.465 e. The van der Waals surface area contributed by atoms with Crippen LogP contribution in [0.2, 0.25) is 18.1 Å². The van der Waals surface area contributed by atoms with Crippen molar-refractivity contribution in [1.29, 1.82) is 0 Å². The highest BCUT2D eigenvalue weighted by Gasteiger charge is 2.40. The van der Waals surface area contributed by atoms with Crippen molar-refractivity contribution < 1.29 is 14.3 Å². The molecule has 1 atom stereocenters. The molecule has 7 heteroatoms. The molecule has 2 heterocycles. The lowest BCUT2D eigenvalue weighted by Crippen LogP contribution is -2.49. The van der Waals surface area contributed by atoms with E-state index in [4.69, 9.17) is 9.53 Å². The lowest BCUT2D eigenvalue weighted by Gasteiger charge is -2.43. The van der Waals surface area contributed by atoms with E-state index in [1.165, 1.54) is 5.56 Å². The SMILES string of the molecule is CC(C)(C)[Si](C)(C)OC1Cc2ncc(NC(=O)O)cc2N(Cc2ccccc2)C1. The Morgan fingerprint density at radius 1 is 1.31 bits per heavy atom. The molecule has 0 saturated heterocycles. The molecule has 2 N–H and O–H groups in total. The first-order valence-electron chi connectivity index (χ1n) is 10.0. The summed E-state index contributed by atoms with van der Waals surface area (Å²) < 4.78 is 6.71. The van der Waals surface area contributed by atoms with Crippen molar-refractivity contribution >= 4 is 25.8 Å². The molecule has 29 heavy (non-hydrogen) atoms. The Morgan fingerprint density at radius 2 is 2.00 bits per heavy atom. The molecule has 3 rings (SSSR count). The average molecular weight is 414 g/mol. The molecule has 0 fully saturated rings. The molecular formula is C22H31N3O3Si. The number of aromatic nitrogens is 1. The van der Waals surface area contributed by atoms with Gasteiger partial charge >= 0.3 is 6.09 Å². The van der Waals surface area contributed by atoms with E-state index in [0.29, 0.717) is 5.69 Å². The quantitative estimate of drug-likeness (QED) is 0.665. The van der Waals surface area contributed by atoms with Gasteiger partial charge in [-0.25, -0.2) is 4.79 Å². The molecule has 1 aliphatic rings. The maximum absolute atomic E-state index is 11.0. The zero-order chi connectivity index (χ0) is 21.2. The smallest absolute Gasteiger partial charge is 0.409 e. The fraction of sp³-hybridized carbons (Fsp3) is 0.455. The summed E-state index contributed by atoms with van der Waals surface area (Å²) >= 11 is 0. The normalized spacial score (nSPS) is 17.0. The Balaban J connectivity index is 1.90. The molecule has 1 unspecified atom stereocenters. The summed E-state index contributed by atoms with van der Waals surface area (Å²) in [7, 11) is -1.91. The molecule has 2 aromatic rings. The first kappa shape index (κ1) is 21.3. The second-order valence-electron chi connectivity index (χ2n) is 9.19. The van der Waals surface area contributed by atoms with Gasteiger partial charge in [-0.1, -0.05) is 51.1 Å². The van der Waals surface area contributed by atoms with E-state index in [0.717, 1.165) is 30.9 Å². The van der Waals surface area contributed by atoms with Gasteiger partial charge in [0.15, 0.2) is 8.32 Å². The van der Waals surface area contributed by atoms with Crippen LogP contribution in [0.4, 0.5) is 16.2 Å². The third kappa shape index (κ3) is 5.16. The molecule has 156 valence electrons. The summed E-state index contributed by atoms with van der Waals surface area (Å²) in [6.07, 6.45) is 1.30. The number of anilines is 2. The molecule has 1 aromatic carbocycles. The second-order valence-corrected chi connectivity index (χ2v) is 13.9. The number of carboxylic acid groups (broad SMARTS) is 1. The number of fused-ring (bicyclic) bond motifs is 1. The van der Waals surface area contributed by atoms with Crippen LogP contribution in [0.15, 0.2) is 42.6 Å². The van der Waals surface area contributed by atoms with E-state index < -0.39 is 14.4 Å². The topological polar surface area (TPSA) is 74.7 Å². The van der Waals surface area contributed by atoms with E-state index in [1.807, 2.05) is 24.3 Å². The van der Waals surface area contributed by atoms with Gasteiger partial charge in [-0.05, 0) is 29.8 Å². The fourth-order valence-corrected chi connectivity index (χ4v) is 4.70. The number of hydrogen-bond acceptors (Lipinski definition) is 4. The number of nitrogens with zero attached hydrogens (tertiary/aromatic N) is 2. The average Bonchev–Trinajstić information content (AvgIpc) is 2.61. The summed E-state index contributed by atoms with van der Waals surface area (Å²) in [4.78, 5) is 17.9. The number of hydrogen-bond donors (Lipinski definition) is 2. The maximum Gasteiger partial charge on any atom is 0.409 e. The van der Waals surface area contributed by atoms with Gasteiger partial charge in [0.25, 0.3) is 0 Å². The van der Waals surface area contributed by atoms with Gasteiger partial charge in [-0.2, -0.15) is 0 Å². The van der Waals surface area contributed by atoms with Gasteiger partial charge in [0.05, 0.1) is 29.4 Å². The minimum absolute atomic E-state index is 0.0675. The summed E-state index contributed by atoms with van der Waals surface area (Å²) in [6.45, 7) is 12.8. The number of amides is 1. The van der Waals surface area contributed by atoms with Gasteiger partial charge in [0.2, 0.25) is 0 Å². The van der Waals surface area contributed by atoms with E-state index in [1.54, 1.807) is 6.20 Å². The first-order valence-corrected chi connectivity index (χ1v) is 12.9. The van der Waals surface area contributed by atoms with Crippen molar-refractivity contribution in [1.82, 2.24) is 4.98 Å². The molecule has 0 bridgehead atoms. The van der Waals surface area contributed by atoms with E-state index >= 15 is 0 Å². The van der Waals surface area contributed by atoms with Crippen LogP contribution in [0.1, 0.15) is 32.0 Å². The molecule has 1 amide bonds. The van der Waals surface area contributed by atoms with Crippen molar-refractivity contribution in [3.05, 3.63) is 53.9 Å². The molecule has 0 spiro atoms. The van der Waals surface area contributed by atoms with Crippen LogP contribution in [0.3, 0.4) is 0 Å². The van der Waals surface area contributed by atoms with Crippen LogP contribution in [0, 0.1) is 0 Å². The van der Waals surface area contributed by atoms with Crippen LogP contribution < -0.4 is 10.2 Å². The Labute approximate surface area is 174 Å². The van der Waals surface area contributed by atoms with E-state index in [-0.39, 0.29) is 11.1 Å². The first-order chi connectivity index (χ1) is 13.5. The second kappa shape index (κ2) is 8.16. The van der Waals surface area contributed by atoms with Crippen molar-refractivity contribution in [3.8, 4) is 0 Å². The number of carbonyl (C=O) groups is 1. The van der Waals surface area contributed by atoms with Crippen LogP contribution in [0.5, 0.6) is 0 Å². The molecule has 0 radical (unpaired) electrons. The van der Waals surface area contributed by atoms with Gasteiger partial charge in [0, 0.05) is 19.5 Å². The molecule has 6 nitrogen and oxygen atoms in total. The van der Waals surface area contributed by atoms with Gasteiger partial charge in [0.1, 0.15) is 0 Å². The minimum atomic E-state index is -1.91. The summed E-state index contributed by atoms with van der Waals surface area (Å²) in [5.41, 5.74) is 3.60. The van der Waals surface area contributed by atoms with Crippen molar-refractivity contribution in [2.24, 2.45) is 0 Å². The minimum Gasteiger partial charge on any atom is -0.465 e. The van der Waals surface area contributed by atoms with Crippen molar-refractivity contribution in [2.75, 3.05) is 16.8 Å². The van der Waals surface area contributed by atoms with Gasteiger partial charge < -0.3 is 14.4 Å². The summed E-state index contributed by atoms with van der Waals surface area (Å²) in [5, 5.41) is 11.6. The zero-order valence-electron chi connectivity index (χ0n) is 17.9. The van der Waals surface area contributed by atoms with Crippen LogP contribution >= 0.6 is 0 Å².